The molecule has 2 N–H and O–H groups in total. The number of carbonyl (C=O) groups excluding carboxylic acids is 1. The molecule has 0 bridgehead atoms. The number of anilines is 2. The Balaban J connectivity index is 1.55. The summed E-state index contributed by atoms with van der Waals surface area (Å²) in [5.74, 6) is -0.0418. The molecule has 1 amide bonds. The molecule has 5 nitrogen and oxygen atoms in total. The Labute approximate surface area is 161 Å². The SMILES string of the molecule is C[C@@H](C(=O)Nc1ccc(C(F)(F)F)cc1)N1CCN(c2ccccc2O)CC1. The lowest BCUT2D eigenvalue weighted by atomic mass is 10.1. The third-order valence-corrected chi connectivity index (χ3v) is 4.94. The molecule has 3 rings (SSSR count). The summed E-state index contributed by atoms with van der Waals surface area (Å²) in [6.07, 6.45) is -4.40. The van der Waals surface area contributed by atoms with Crippen molar-refractivity contribution in [2.45, 2.75) is 19.1 Å². The van der Waals surface area contributed by atoms with Crippen molar-refractivity contribution in [2.75, 3.05) is 36.4 Å². The van der Waals surface area contributed by atoms with Gasteiger partial charge < -0.3 is 15.3 Å². The van der Waals surface area contributed by atoms with Gasteiger partial charge in [0.25, 0.3) is 0 Å². The van der Waals surface area contributed by atoms with Crippen molar-refractivity contribution in [1.29, 1.82) is 0 Å². The van der Waals surface area contributed by atoms with Gasteiger partial charge in [0.2, 0.25) is 5.91 Å². The smallest absolute Gasteiger partial charge is 0.416 e. The van der Waals surface area contributed by atoms with Crippen molar-refractivity contribution >= 4 is 17.3 Å². The summed E-state index contributed by atoms with van der Waals surface area (Å²) in [5.41, 5.74) is 0.348. The molecule has 1 fully saturated rings. The van der Waals surface area contributed by atoms with Crippen LogP contribution in [-0.4, -0.2) is 48.1 Å². The van der Waals surface area contributed by atoms with Gasteiger partial charge in [-0.15, -0.1) is 0 Å². The van der Waals surface area contributed by atoms with Gasteiger partial charge in [-0.25, -0.2) is 0 Å². The second-order valence-electron chi connectivity index (χ2n) is 6.75. The first-order valence-electron chi connectivity index (χ1n) is 9.01. The summed E-state index contributed by atoms with van der Waals surface area (Å²) in [4.78, 5) is 16.5. The van der Waals surface area contributed by atoms with E-state index in [0.717, 1.165) is 17.8 Å². The number of aromatic hydroxyl groups is 1. The molecular weight excluding hydrogens is 371 g/mol. The number of carbonyl (C=O) groups is 1. The summed E-state index contributed by atoms with van der Waals surface area (Å²) in [6, 6.07) is 11.1. The number of rotatable bonds is 4. The molecule has 150 valence electrons. The van der Waals surface area contributed by atoms with Gasteiger partial charge in [-0.05, 0) is 43.3 Å². The van der Waals surface area contributed by atoms with Crippen molar-refractivity contribution in [3.8, 4) is 5.75 Å². The minimum atomic E-state index is -4.40. The maximum Gasteiger partial charge on any atom is 0.416 e. The van der Waals surface area contributed by atoms with E-state index in [1.807, 2.05) is 17.0 Å². The van der Waals surface area contributed by atoms with Crippen LogP contribution in [0, 0.1) is 0 Å². The van der Waals surface area contributed by atoms with Gasteiger partial charge in [0.1, 0.15) is 5.75 Å². The Morgan fingerprint density at radius 3 is 2.21 bits per heavy atom. The molecule has 8 heteroatoms. The largest absolute Gasteiger partial charge is 0.506 e. The van der Waals surface area contributed by atoms with E-state index in [1.165, 1.54) is 12.1 Å². The van der Waals surface area contributed by atoms with Crippen molar-refractivity contribution in [2.24, 2.45) is 0 Å². The third-order valence-electron chi connectivity index (χ3n) is 4.94. The lowest BCUT2D eigenvalue weighted by Gasteiger charge is -2.38. The van der Waals surface area contributed by atoms with E-state index in [-0.39, 0.29) is 11.7 Å². The first-order valence-corrected chi connectivity index (χ1v) is 9.01. The standard InChI is InChI=1S/C20H22F3N3O2/c1-14(19(28)24-16-8-6-15(7-9-16)20(21,22)23)25-10-12-26(13-11-25)17-4-2-3-5-18(17)27/h2-9,14,27H,10-13H2,1H3,(H,24,28)/t14-/m0/s1. The number of alkyl halides is 3. The predicted octanol–water partition coefficient (Wildman–Crippen LogP) is 3.56. The van der Waals surface area contributed by atoms with E-state index in [0.29, 0.717) is 31.9 Å². The van der Waals surface area contributed by atoms with E-state index in [4.69, 9.17) is 0 Å². The van der Waals surface area contributed by atoms with Crippen LogP contribution in [0.5, 0.6) is 5.75 Å². The van der Waals surface area contributed by atoms with Crippen LogP contribution < -0.4 is 10.2 Å². The van der Waals surface area contributed by atoms with Crippen molar-refractivity contribution < 1.29 is 23.1 Å². The number of para-hydroxylation sites is 2. The minimum Gasteiger partial charge on any atom is -0.506 e. The maximum atomic E-state index is 12.6. The Kier molecular flexibility index (Phi) is 5.79. The Morgan fingerprint density at radius 1 is 1.04 bits per heavy atom. The zero-order chi connectivity index (χ0) is 20.3. The van der Waals surface area contributed by atoms with Crippen molar-refractivity contribution in [1.82, 2.24) is 4.90 Å². The molecular formula is C20H22F3N3O2. The zero-order valence-corrected chi connectivity index (χ0v) is 15.4. The molecule has 0 aliphatic carbocycles. The number of piperazine rings is 1. The van der Waals surface area contributed by atoms with E-state index in [2.05, 4.69) is 10.2 Å². The number of nitrogens with zero attached hydrogens (tertiary/aromatic N) is 2. The summed E-state index contributed by atoms with van der Waals surface area (Å²) in [7, 11) is 0. The Morgan fingerprint density at radius 2 is 1.64 bits per heavy atom. The summed E-state index contributed by atoms with van der Waals surface area (Å²) >= 11 is 0. The molecule has 1 heterocycles. The van der Waals surface area contributed by atoms with E-state index in [9.17, 15) is 23.1 Å². The number of halogens is 3. The molecule has 2 aromatic carbocycles. The molecule has 0 saturated carbocycles. The molecule has 0 aromatic heterocycles. The second kappa shape index (κ2) is 8.10. The van der Waals surface area contributed by atoms with Gasteiger partial charge in [-0.1, -0.05) is 12.1 Å². The zero-order valence-electron chi connectivity index (χ0n) is 15.4. The predicted molar refractivity (Wildman–Crippen MR) is 101 cm³/mol. The molecule has 0 radical (unpaired) electrons. The van der Waals surface area contributed by atoms with E-state index in [1.54, 1.807) is 19.1 Å². The highest BCUT2D eigenvalue weighted by atomic mass is 19.4. The lowest BCUT2D eigenvalue weighted by Crippen LogP contribution is -2.52. The number of amides is 1. The van der Waals surface area contributed by atoms with Gasteiger partial charge in [0.05, 0.1) is 17.3 Å². The monoisotopic (exact) mass is 393 g/mol. The highest BCUT2D eigenvalue weighted by Crippen LogP contribution is 2.30. The average molecular weight is 393 g/mol. The first-order chi connectivity index (χ1) is 13.3. The summed E-state index contributed by atoms with van der Waals surface area (Å²) in [5, 5.41) is 12.6. The number of benzene rings is 2. The quantitative estimate of drug-likeness (QED) is 0.834. The highest BCUT2D eigenvalue weighted by Gasteiger charge is 2.30. The minimum absolute atomic E-state index is 0.226. The van der Waals surface area contributed by atoms with Gasteiger partial charge >= 0.3 is 6.18 Å². The fourth-order valence-electron chi connectivity index (χ4n) is 3.24. The molecule has 2 aromatic rings. The van der Waals surface area contributed by atoms with Crippen LogP contribution in [0.25, 0.3) is 0 Å². The number of phenolic OH excluding ortho intramolecular Hbond substituents is 1. The van der Waals surface area contributed by atoms with E-state index < -0.39 is 17.8 Å². The fraction of sp³-hybridized carbons (Fsp3) is 0.350. The topological polar surface area (TPSA) is 55.8 Å². The molecule has 1 atom stereocenters. The molecule has 28 heavy (non-hydrogen) atoms. The van der Waals surface area contributed by atoms with Gasteiger partial charge in [0, 0.05) is 31.9 Å². The lowest BCUT2D eigenvalue weighted by molar-refractivity contribution is -0.137. The summed E-state index contributed by atoms with van der Waals surface area (Å²) in [6.45, 7) is 4.37. The third kappa shape index (κ3) is 4.56. The molecule has 0 spiro atoms. The number of nitrogens with one attached hydrogen (secondary N) is 1. The van der Waals surface area contributed by atoms with Crippen LogP contribution in [0.2, 0.25) is 0 Å². The van der Waals surface area contributed by atoms with Gasteiger partial charge in [0.15, 0.2) is 0 Å². The van der Waals surface area contributed by atoms with E-state index >= 15 is 0 Å². The number of phenols is 1. The van der Waals surface area contributed by atoms with Crippen LogP contribution in [0.4, 0.5) is 24.5 Å². The normalized spacial score (nSPS) is 16.6. The fourth-order valence-corrected chi connectivity index (χ4v) is 3.24. The molecule has 0 unspecified atom stereocenters. The van der Waals surface area contributed by atoms with Crippen LogP contribution in [-0.2, 0) is 11.0 Å². The number of hydrogen-bond donors (Lipinski definition) is 2. The van der Waals surface area contributed by atoms with Crippen LogP contribution in [0.3, 0.4) is 0 Å². The molecule has 1 aliphatic heterocycles. The van der Waals surface area contributed by atoms with Gasteiger partial charge in [-0.3, -0.25) is 9.69 Å². The maximum absolute atomic E-state index is 12.6. The first kappa shape index (κ1) is 20.0. The summed E-state index contributed by atoms with van der Waals surface area (Å²) < 4.78 is 37.9. The molecule has 1 saturated heterocycles. The van der Waals surface area contributed by atoms with Crippen LogP contribution in [0.15, 0.2) is 48.5 Å². The van der Waals surface area contributed by atoms with Crippen molar-refractivity contribution in [3.63, 3.8) is 0 Å². The Hall–Kier alpha value is -2.74. The van der Waals surface area contributed by atoms with Crippen LogP contribution in [0.1, 0.15) is 12.5 Å². The average Bonchev–Trinajstić information content (AvgIpc) is 2.67. The molecule has 1 aliphatic rings. The van der Waals surface area contributed by atoms with Crippen LogP contribution >= 0.6 is 0 Å². The van der Waals surface area contributed by atoms with Crippen molar-refractivity contribution in [3.05, 3.63) is 54.1 Å². The highest BCUT2D eigenvalue weighted by molar-refractivity contribution is 5.94. The second-order valence-corrected chi connectivity index (χ2v) is 6.75. The number of hydrogen-bond acceptors (Lipinski definition) is 4. The Bertz CT molecular complexity index is 816. The van der Waals surface area contributed by atoms with Gasteiger partial charge in [-0.2, -0.15) is 13.2 Å².